The van der Waals surface area contributed by atoms with Crippen LogP contribution in [-0.2, 0) is 27.3 Å². The fourth-order valence-electron chi connectivity index (χ4n) is 5.39. The number of carbonyl (C=O) groups excluding carboxylic acids is 4. The predicted octanol–water partition coefficient (Wildman–Crippen LogP) is 4.36. The molecule has 1 aliphatic heterocycles. The SMILES string of the molecule is CN1CCCCCCOc2ccccc2C(=O)N[C@H](C(=O)NCc2ccccc2)CCC(=O)N(C)[C@@H](Cc2ccccc2)C1=O. The van der Waals surface area contributed by atoms with E-state index in [0.717, 1.165) is 36.8 Å². The van der Waals surface area contributed by atoms with Crippen molar-refractivity contribution in [1.82, 2.24) is 20.4 Å². The maximum absolute atomic E-state index is 13.7. The average Bonchev–Trinajstić information content (AvgIpc) is 3.07. The molecule has 0 fully saturated rings. The number of para-hydroxylation sites is 1. The highest BCUT2D eigenvalue weighted by Crippen LogP contribution is 2.20. The van der Waals surface area contributed by atoms with Crippen molar-refractivity contribution >= 4 is 23.6 Å². The maximum Gasteiger partial charge on any atom is 0.255 e. The number of carbonyl (C=O) groups is 4. The Bertz CT molecular complexity index is 1420. The summed E-state index contributed by atoms with van der Waals surface area (Å²) in [6, 6.07) is 24.4. The van der Waals surface area contributed by atoms with E-state index in [9.17, 15) is 19.2 Å². The Hall–Kier alpha value is -4.66. The van der Waals surface area contributed by atoms with Gasteiger partial charge in [-0.05, 0) is 42.5 Å². The Kier molecular flexibility index (Phi) is 12.5. The van der Waals surface area contributed by atoms with Crippen LogP contribution in [0.5, 0.6) is 5.75 Å². The minimum absolute atomic E-state index is 0.0410. The van der Waals surface area contributed by atoms with Gasteiger partial charge in [0.05, 0.1) is 12.2 Å². The molecule has 0 aromatic heterocycles. The van der Waals surface area contributed by atoms with Crippen LogP contribution in [0.1, 0.15) is 60.0 Å². The van der Waals surface area contributed by atoms with E-state index < -0.39 is 23.9 Å². The first kappa shape index (κ1) is 33.2. The Morgan fingerprint density at radius 1 is 0.844 bits per heavy atom. The Labute approximate surface area is 265 Å². The fourth-order valence-corrected chi connectivity index (χ4v) is 5.39. The number of ether oxygens (including phenoxy) is 1. The van der Waals surface area contributed by atoms with Gasteiger partial charge in [0.2, 0.25) is 17.7 Å². The zero-order valence-corrected chi connectivity index (χ0v) is 26.2. The largest absolute Gasteiger partial charge is 0.493 e. The van der Waals surface area contributed by atoms with E-state index in [-0.39, 0.29) is 31.2 Å². The number of fused-ring (bicyclic) bond motifs is 1. The van der Waals surface area contributed by atoms with Gasteiger partial charge >= 0.3 is 0 Å². The second-order valence-electron chi connectivity index (χ2n) is 11.5. The van der Waals surface area contributed by atoms with Crippen molar-refractivity contribution in [3.63, 3.8) is 0 Å². The second kappa shape index (κ2) is 17.0. The summed E-state index contributed by atoms with van der Waals surface area (Å²) in [6.45, 7) is 1.30. The Morgan fingerprint density at radius 2 is 1.49 bits per heavy atom. The summed E-state index contributed by atoms with van der Waals surface area (Å²) in [5.74, 6) is -0.820. The summed E-state index contributed by atoms with van der Waals surface area (Å²) in [5, 5.41) is 5.75. The van der Waals surface area contributed by atoms with Crippen LogP contribution in [0.15, 0.2) is 84.9 Å². The minimum atomic E-state index is -0.986. The first-order valence-electron chi connectivity index (χ1n) is 15.7. The van der Waals surface area contributed by atoms with Crippen LogP contribution in [0.3, 0.4) is 0 Å². The number of hydrogen-bond donors (Lipinski definition) is 2. The Morgan fingerprint density at radius 3 is 2.22 bits per heavy atom. The van der Waals surface area contributed by atoms with E-state index in [1.54, 1.807) is 43.3 Å². The molecule has 9 nitrogen and oxygen atoms in total. The molecule has 2 N–H and O–H groups in total. The van der Waals surface area contributed by atoms with Crippen molar-refractivity contribution in [1.29, 1.82) is 0 Å². The lowest BCUT2D eigenvalue weighted by Gasteiger charge is -2.31. The topological polar surface area (TPSA) is 108 Å². The van der Waals surface area contributed by atoms with Gasteiger partial charge in [-0.2, -0.15) is 0 Å². The molecule has 4 rings (SSSR count). The number of amides is 4. The van der Waals surface area contributed by atoms with Gasteiger partial charge < -0.3 is 25.2 Å². The molecular formula is C36H44N4O5. The zero-order chi connectivity index (χ0) is 32.0. The van der Waals surface area contributed by atoms with Crippen molar-refractivity contribution in [2.24, 2.45) is 0 Å². The van der Waals surface area contributed by atoms with Crippen LogP contribution in [0.2, 0.25) is 0 Å². The predicted molar refractivity (Wildman–Crippen MR) is 174 cm³/mol. The van der Waals surface area contributed by atoms with Crippen LogP contribution in [-0.4, -0.2) is 72.8 Å². The van der Waals surface area contributed by atoms with E-state index >= 15 is 0 Å². The van der Waals surface area contributed by atoms with E-state index in [1.807, 2.05) is 60.7 Å². The van der Waals surface area contributed by atoms with Gasteiger partial charge in [-0.1, -0.05) is 85.6 Å². The molecule has 238 valence electrons. The average molecular weight is 613 g/mol. The molecule has 45 heavy (non-hydrogen) atoms. The molecule has 0 spiro atoms. The van der Waals surface area contributed by atoms with Crippen molar-refractivity contribution in [3.8, 4) is 5.75 Å². The quantitative estimate of drug-likeness (QED) is 0.445. The summed E-state index contributed by atoms with van der Waals surface area (Å²) >= 11 is 0. The fraction of sp³-hybridized carbons (Fsp3) is 0.389. The highest BCUT2D eigenvalue weighted by Gasteiger charge is 2.31. The summed E-state index contributed by atoms with van der Waals surface area (Å²) in [5.41, 5.74) is 2.19. The summed E-state index contributed by atoms with van der Waals surface area (Å²) in [6.07, 6.45) is 3.84. The van der Waals surface area contributed by atoms with Crippen molar-refractivity contribution in [2.45, 2.75) is 63.6 Å². The van der Waals surface area contributed by atoms with E-state index in [4.69, 9.17) is 4.74 Å². The third-order valence-corrected chi connectivity index (χ3v) is 8.15. The minimum Gasteiger partial charge on any atom is -0.493 e. The first-order chi connectivity index (χ1) is 21.8. The molecule has 0 unspecified atom stereocenters. The molecule has 9 heteroatoms. The van der Waals surface area contributed by atoms with Gasteiger partial charge in [-0.25, -0.2) is 0 Å². The number of likely N-dealkylation sites (N-methyl/N-ethyl adjacent to an activating group) is 2. The molecule has 0 bridgehead atoms. The highest BCUT2D eigenvalue weighted by atomic mass is 16.5. The van der Waals surface area contributed by atoms with Gasteiger partial charge in [0.15, 0.2) is 0 Å². The molecule has 4 amide bonds. The second-order valence-corrected chi connectivity index (χ2v) is 11.5. The lowest BCUT2D eigenvalue weighted by atomic mass is 10.0. The van der Waals surface area contributed by atoms with Crippen molar-refractivity contribution in [3.05, 3.63) is 102 Å². The van der Waals surface area contributed by atoms with Gasteiger partial charge in [0.1, 0.15) is 17.8 Å². The molecule has 0 radical (unpaired) electrons. The molecule has 3 aromatic carbocycles. The maximum atomic E-state index is 13.7. The van der Waals surface area contributed by atoms with Gasteiger partial charge in [0.25, 0.3) is 5.91 Å². The number of rotatable bonds is 5. The Balaban J connectivity index is 1.57. The first-order valence-corrected chi connectivity index (χ1v) is 15.7. The number of nitrogens with one attached hydrogen (secondary N) is 2. The normalized spacial score (nSPS) is 19.3. The van der Waals surface area contributed by atoms with Gasteiger partial charge in [-0.15, -0.1) is 0 Å². The zero-order valence-electron chi connectivity index (χ0n) is 26.2. The molecule has 0 saturated heterocycles. The molecule has 0 aliphatic carbocycles. The third kappa shape index (κ3) is 9.93. The van der Waals surface area contributed by atoms with Crippen molar-refractivity contribution < 1.29 is 23.9 Å². The van der Waals surface area contributed by atoms with Crippen LogP contribution < -0.4 is 15.4 Å². The summed E-state index contributed by atoms with van der Waals surface area (Å²) < 4.78 is 5.98. The van der Waals surface area contributed by atoms with Crippen molar-refractivity contribution in [2.75, 3.05) is 27.2 Å². The molecule has 2 atom stereocenters. The van der Waals surface area contributed by atoms with Gasteiger partial charge in [0, 0.05) is 40.0 Å². The van der Waals surface area contributed by atoms with Crippen LogP contribution in [0.25, 0.3) is 0 Å². The summed E-state index contributed by atoms with van der Waals surface area (Å²) in [4.78, 5) is 57.5. The van der Waals surface area contributed by atoms with Gasteiger partial charge in [-0.3, -0.25) is 19.2 Å². The smallest absolute Gasteiger partial charge is 0.255 e. The third-order valence-electron chi connectivity index (χ3n) is 8.15. The van der Waals surface area contributed by atoms with Crippen LogP contribution in [0.4, 0.5) is 0 Å². The molecule has 1 heterocycles. The standard InChI is InChI=1S/C36H44N4O5/c1-39-23-13-3-4-14-24-45-32-20-12-11-19-29(32)34(42)38-30(35(43)37-26-28-17-9-6-10-18-28)21-22-33(41)40(2)31(36(39)44)25-27-15-7-5-8-16-27/h5-12,15-20,30-31H,3-4,13-14,21-26H2,1-2H3,(H,37,43)(H,38,42)/t30-,31-/m0/s1. The lowest BCUT2D eigenvalue weighted by Crippen LogP contribution is -2.50. The van der Waals surface area contributed by atoms with Crippen LogP contribution >= 0.6 is 0 Å². The number of nitrogens with zero attached hydrogens (tertiary/aromatic N) is 2. The van der Waals surface area contributed by atoms with E-state index in [0.29, 0.717) is 30.9 Å². The molecular weight excluding hydrogens is 568 g/mol. The highest BCUT2D eigenvalue weighted by molar-refractivity contribution is 5.99. The number of hydrogen-bond acceptors (Lipinski definition) is 5. The number of benzene rings is 3. The molecule has 3 aromatic rings. The summed E-state index contributed by atoms with van der Waals surface area (Å²) in [7, 11) is 3.42. The monoisotopic (exact) mass is 612 g/mol. The molecule has 0 saturated carbocycles. The lowest BCUT2D eigenvalue weighted by molar-refractivity contribution is -0.144. The van der Waals surface area contributed by atoms with E-state index in [1.165, 1.54) is 4.90 Å². The van der Waals surface area contributed by atoms with Crippen LogP contribution in [0, 0.1) is 0 Å². The van der Waals surface area contributed by atoms with E-state index in [2.05, 4.69) is 10.6 Å². The molecule has 1 aliphatic rings.